The molecule has 3 rings (SSSR count). The molecule has 90 valence electrons. The number of rotatable bonds is 2. The molecule has 3 heteroatoms. The second kappa shape index (κ2) is 4.26. The summed E-state index contributed by atoms with van der Waals surface area (Å²) < 4.78 is 0. The highest BCUT2D eigenvalue weighted by molar-refractivity contribution is 5.98. The Kier molecular flexibility index (Phi) is 2.59. The molecule has 0 aliphatic carbocycles. The second-order valence-electron chi connectivity index (χ2n) is 4.56. The van der Waals surface area contributed by atoms with Crippen molar-refractivity contribution in [1.29, 1.82) is 0 Å². The van der Waals surface area contributed by atoms with E-state index in [9.17, 15) is 4.79 Å². The standard InChI is InChI=1S/C15H14N2O/c1-11-14-9-16-8-7-13(14)15(18)17(11)10-12-5-3-2-4-6-12/h2-9,11H,10H2,1H3/t11-/m0/s1. The third-order valence-corrected chi connectivity index (χ3v) is 3.46. The Morgan fingerprint density at radius 2 is 2.00 bits per heavy atom. The third kappa shape index (κ3) is 1.68. The lowest BCUT2D eigenvalue weighted by Crippen LogP contribution is -2.26. The van der Waals surface area contributed by atoms with Crippen molar-refractivity contribution < 1.29 is 4.79 Å². The van der Waals surface area contributed by atoms with E-state index in [-0.39, 0.29) is 11.9 Å². The number of carbonyl (C=O) groups excluding carboxylic acids is 1. The molecular weight excluding hydrogens is 224 g/mol. The van der Waals surface area contributed by atoms with Crippen LogP contribution in [0.3, 0.4) is 0 Å². The van der Waals surface area contributed by atoms with Gasteiger partial charge in [0, 0.05) is 30.1 Å². The van der Waals surface area contributed by atoms with Crippen LogP contribution in [-0.2, 0) is 6.54 Å². The summed E-state index contributed by atoms with van der Waals surface area (Å²) in [5.41, 5.74) is 2.96. The average Bonchev–Trinajstić information content (AvgIpc) is 2.66. The highest BCUT2D eigenvalue weighted by Gasteiger charge is 2.33. The lowest BCUT2D eigenvalue weighted by atomic mass is 10.1. The predicted molar refractivity (Wildman–Crippen MR) is 69.0 cm³/mol. The van der Waals surface area contributed by atoms with Crippen LogP contribution in [0.5, 0.6) is 0 Å². The van der Waals surface area contributed by atoms with Crippen molar-refractivity contribution in [2.75, 3.05) is 0 Å². The molecule has 2 heterocycles. The Morgan fingerprint density at radius 1 is 1.22 bits per heavy atom. The Bertz CT molecular complexity index is 580. The summed E-state index contributed by atoms with van der Waals surface area (Å²) in [4.78, 5) is 18.3. The lowest BCUT2D eigenvalue weighted by molar-refractivity contribution is 0.0723. The molecule has 0 fully saturated rings. The molecule has 0 saturated carbocycles. The zero-order valence-electron chi connectivity index (χ0n) is 10.2. The number of fused-ring (bicyclic) bond motifs is 1. The maximum absolute atomic E-state index is 12.3. The van der Waals surface area contributed by atoms with Crippen molar-refractivity contribution in [2.24, 2.45) is 0 Å². The Balaban J connectivity index is 1.91. The van der Waals surface area contributed by atoms with Crippen LogP contribution in [0.2, 0.25) is 0 Å². The van der Waals surface area contributed by atoms with Crippen LogP contribution in [0.15, 0.2) is 48.8 Å². The van der Waals surface area contributed by atoms with Crippen molar-refractivity contribution in [2.45, 2.75) is 19.5 Å². The number of carbonyl (C=O) groups is 1. The summed E-state index contributed by atoms with van der Waals surface area (Å²) in [6, 6.07) is 12.0. The first kappa shape index (κ1) is 11.0. The molecule has 0 radical (unpaired) electrons. The first-order valence-corrected chi connectivity index (χ1v) is 6.06. The molecule has 3 nitrogen and oxygen atoms in total. The average molecular weight is 238 g/mol. The number of pyridine rings is 1. The van der Waals surface area contributed by atoms with Gasteiger partial charge in [-0.2, -0.15) is 0 Å². The fraction of sp³-hybridized carbons (Fsp3) is 0.200. The molecule has 0 unspecified atom stereocenters. The van der Waals surface area contributed by atoms with Gasteiger partial charge in [-0.25, -0.2) is 0 Å². The summed E-state index contributed by atoms with van der Waals surface area (Å²) >= 11 is 0. The molecule has 1 aromatic carbocycles. The maximum Gasteiger partial charge on any atom is 0.255 e. The van der Waals surface area contributed by atoms with E-state index >= 15 is 0 Å². The molecule has 2 aromatic rings. The zero-order valence-corrected chi connectivity index (χ0v) is 10.2. The molecule has 0 spiro atoms. The first-order valence-electron chi connectivity index (χ1n) is 6.06. The molecule has 1 amide bonds. The molecule has 0 bridgehead atoms. The second-order valence-corrected chi connectivity index (χ2v) is 4.56. The van der Waals surface area contributed by atoms with Gasteiger partial charge < -0.3 is 4.90 Å². The SMILES string of the molecule is C[C@H]1c2cnccc2C(=O)N1Cc1ccccc1. The van der Waals surface area contributed by atoms with Crippen LogP contribution in [-0.4, -0.2) is 15.8 Å². The van der Waals surface area contributed by atoms with Crippen LogP contribution in [0.25, 0.3) is 0 Å². The summed E-state index contributed by atoms with van der Waals surface area (Å²) in [6.07, 6.45) is 3.47. The van der Waals surface area contributed by atoms with E-state index in [4.69, 9.17) is 0 Å². The van der Waals surface area contributed by atoms with E-state index in [1.807, 2.05) is 42.2 Å². The monoisotopic (exact) mass is 238 g/mol. The Hall–Kier alpha value is -2.16. The van der Waals surface area contributed by atoms with Gasteiger partial charge in [0.1, 0.15) is 0 Å². The van der Waals surface area contributed by atoms with E-state index in [1.54, 1.807) is 18.5 Å². The summed E-state index contributed by atoms with van der Waals surface area (Å²) in [6.45, 7) is 2.70. The van der Waals surface area contributed by atoms with Gasteiger partial charge >= 0.3 is 0 Å². The van der Waals surface area contributed by atoms with Crippen molar-refractivity contribution in [3.8, 4) is 0 Å². The zero-order chi connectivity index (χ0) is 12.5. The summed E-state index contributed by atoms with van der Waals surface area (Å²) in [7, 11) is 0. The number of benzene rings is 1. The van der Waals surface area contributed by atoms with Crippen molar-refractivity contribution in [3.63, 3.8) is 0 Å². The van der Waals surface area contributed by atoms with Crippen LogP contribution in [0.4, 0.5) is 0 Å². The molecule has 1 aromatic heterocycles. The van der Waals surface area contributed by atoms with Crippen LogP contribution in [0.1, 0.15) is 34.5 Å². The van der Waals surface area contributed by atoms with E-state index in [2.05, 4.69) is 4.98 Å². The molecule has 1 aliphatic rings. The minimum absolute atomic E-state index is 0.0985. The van der Waals surface area contributed by atoms with Gasteiger partial charge in [-0.3, -0.25) is 9.78 Å². The quantitative estimate of drug-likeness (QED) is 0.806. The van der Waals surface area contributed by atoms with Crippen molar-refractivity contribution in [3.05, 3.63) is 65.5 Å². The van der Waals surface area contributed by atoms with Crippen LogP contribution < -0.4 is 0 Å². The summed E-state index contributed by atoms with van der Waals surface area (Å²) in [5.74, 6) is 0.101. The largest absolute Gasteiger partial charge is 0.327 e. The smallest absolute Gasteiger partial charge is 0.255 e. The molecule has 0 saturated heterocycles. The lowest BCUT2D eigenvalue weighted by Gasteiger charge is -2.21. The molecule has 1 aliphatic heterocycles. The molecule has 0 N–H and O–H groups in total. The van der Waals surface area contributed by atoms with Gasteiger partial charge in [0.25, 0.3) is 5.91 Å². The van der Waals surface area contributed by atoms with E-state index in [1.165, 1.54) is 0 Å². The number of amides is 1. The predicted octanol–water partition coefficient (Wildman–Crippen LogP) is 2.80. The highest BCUT2D eigenvalue weighted by Crippen LogP contribution is 2.33. The minimum atomic E-state index is 0.0985. The first-order chi connectivity index (χ1) is 8.77. The van der Waals surface area contributed by atoms with Gasteiger partial charge in [0.15, 0.2) is 0 Å². The summed E-state index contributed by atoms with van der Waals surface area (Å²) in [5, 5.41) is 0. The van der Waals surface area contributed by atoms with Gasteiger partial charge in [-0.1, -0.05) is 30.3 Å². The van der Waals surface area contributed by atoms with Crippen LogP contribution >= 0.6 is 0 Å². The van der Waals surface area contributed by atoms with Crippen molar-refractivity contribution in [1.82, 2.24) is 9.88 Å². The molecule has 1 atom stereocenters. The van der Waals surface area contributed by atoms with E-state index in [0.717, 1.165) is 16.7 Å². The number of hydrogen-bond acceptors (Lipinski definition) is 2. The van der Waals surface area contributed by atoms with Gasteiger partial charge in [0.05, 0.1) is 6.04 Å². The molecule has 18 heavy (non-hydrogen) atoms. The number of nitrogens with zero attached hydrogens (tertiary/aromatic N) is 2. The highest BCUT2D eigenvalue weighted by atomic mass is 16.2. The Labute approximate surface area is 106 Å². The van der Waals surface area contributed by atoms with Gasteiger partial charge in [-0.05, 0) is 18.6 Å². The minimum Gasteiger partial charge on any atom is -0.327 e. The van der Waals surface area contributed by atoms with Gasteiger partial charge in [-0.15, -0.1) is 0 Å². The normalized spacial score (nSPS) is 17.9. The van der Waals surface area contributed by atoms with Crippen LogP contribution in [0, 0.1) is 0 Å². The Morgan fingerprint density at radius 3 is 2.72 bits per heavy atom. The van der Waals surface area contributed by atoms with Gasteiger partial charge in [0.2, 0.25) is 0 Å². The fourth-order valence-corrected chi connectivity index (χ4v) is 2.42. The maximum atomic E-state index is 12.3. The van der Waals surface area contributed by atoms with E-state index < -0.39 is 0 Å². The molecular formula is C15H14N2O. The third-order valence-electron chi connectivity index (χ3n) is 3.46. The van der Waals surface area contributed by atoms with Crippen molar-refractivity contribution >= 4 is 5.91 Å². The fourth-order valence-electron chi connectivity index (χ4n) is 2.42. The topological polar surface area (TPSA) is 33.2 Å². The number of hydrogen-bond donors (Lipinski definition) is 0. The van der Waals surface area contributed by atoms with E-state index in [0.29, 0.717) is 6.54 Å². The number of aromatic nitrogens is 1.